The Morgan fingerprint density at radius 1 is 0.950 bits per heavy atom. The van der Waals surface area contributed by atoms with Crippen LogP contribution in [0.1, 0.15) is 48.0 Å². The molecule has 0 spiro atoms. The number of nitrogens with one attached hydrogen (secondary N) is 1. The number of hydrogen-bond donors (Lipinski definition) is 6. The molecule has 14 nitrogen and oxygen atoms in total. The maximum absolute atomic E-state index is 12.0. The quantitative estimate of drug-likeness (QED) is 0.179. The van der Waals surface area contributed by atoms with Crippen molar-refractivity contribution in [1.29, 1.82) is 0 Å². The summed E-state index contributed by atoms with van der Waals surface area (Å²) in [4.78, 5) is 57.1. The Hall–Kier alpha value is -1.18. The van der Waals surface area contributed by atoms with Gasteiger partial charge in [-0.2, -0.15) is 0 Å². The van der Waals surface area contributed by atoms with Crippen molar-refractivity contribution >= 4 is 15.2 Å². The molecular formula is C24H48N4O10P2. The highest BCUT2D eigenvalue weighted by Gasteiger charge is 2.72. The first-order valence-corrected chi connectivity index (χ1v) is 17.3. The van der Waals surface area contributed by atoms with Crippen LogP contribution in [0.3, 0.4) is 0 Å². The van der Waals surface area contributed by atoms with Crippen molar-refractivity contribution in [2.75, 3.05) is 51.8 Å². The summed E-state index contributed by atoms with van der Waals surface area (Å²) in [5, 5.41) is 20.6. The van der Waals surface area contributed by atoms with E-state index in [1.165, 1.54) is 45.5 Å². The largest absolute Gasteiger partial charge is 0.390 e. The molecule has 0 amide bonds. The summed E-state index contributed by atoms with van der Waals surface area (Å²) in [5.41, 5.74) is -2.55. The Balaban J connectivity index is 0.000000473. The van der Waals surface area contributed by atoms with E-state index in [1.54, 1.807) is 0 Å². The summed E-state index contributed by atoms with van der Waals surface area (Å²) >= 11 is 0. The third-order valence-corrected chi connectivity index (χ3v) is 11.1. The van der Waals surface area contributed by atoms with Gasteiger partial charge in [0.25, 0.3) is 5.56 Å². The van der Waals surface area contributed by atoms with Crippen molar-refractivity contribution in [3.05, 3.63) is 33.1 Å². The molecule has 234 valence electrons. The molecule has 2 aliphatic rings. The number of nitrogens with zero attached hydrogens (tertiary/aromatic N) is 3. The van der Waals surface area contributed by atoms with Gasteiger partial charge in [0.15, 0.2) is 5.90 Å². The maximum atomic E-state index is 12.0. The molecule has 0 aliphatic heterocycles. The van der Waals surface area contributed by atoms with Gasteiger partial charge in [-0.05, 0) is 51.6 Å². The predicted molar refractivity (Wildman–Crippen MR) is 153 cm³/mol. The standard InChI is InChI=1S/C12H18N2O10P2.2C6H15N/c15-8-1-2-14(11(18)13-8)12-3-7(12)6(9(16)10(12)17)4-24-26(22,23)5-25(19,20)21;2*1-4-7(5-2)6-3/h1-2,6-7,9-10,16-17H,3-5H2,(H,22,23)(H,13,15,18)(H2,19,20,21);2*4-6H2,1-3H3/t6-,7-,9+,10+,12+;;/m0../s1. The fourth-order valence-corrected chi connectivity index (χ4v) is 7.71. The highest BCUT2D eigenvalue weighted by molar-refractivity contribution is 7.70. The van der Waals surface area contributed by atoms with Crippen LogP contribution in [0.15, 0.2) is 21.9 Å². The molecular weight excluding hydrogens is 566 g/mol. The van der Waals surface area contributed by atoms with Gasteiger partial charge in [-0.25, -0.2) is 4.79 Å². The van der Waals surface area contributed by atoms with Crippen LogP contribution >= 0.6 is 15.2 Å². The van der Waals surface area contributed by atoms with E-state index >= 15 is 0 Å². The van der Waals surface area contributed by atoms with Gasteiger partial charge < -0.3 is 39.2 Å². The Kier molecular flexibility index (Phi) is 14.6. The summed E-state index contributed by atoms with van der Waals surface area (Å²) in [6.45, 7) is 19.7. The minimum Gasteiger partial charge on any atom is -0.390 e. The first-order chi connectivity index (χ1) is 18.6. The van der Waals surface area contributed by atoms with E-state index in [2.05, 4.69) is 56.3 Å². The summed E-state index contributed by atoms with van der Waals surface area (Å²) in [6.07, 6.45) is -1.31. The van der Waals surface area contributed by atoms with Crippen molar-refractivity contribution in [2.24, 2.45) is 11.8 Å². The van der Waals surface area contributed by atoms with Gasteiger partial charge in [-0.15, -0.1) is 0 Å². The van der Waals surface area contributed by atoms with E-state index in [1.807, 2.05) is 0 Å². The Morgan fingerprint density at radius 3 is 1.80 bits per heavy atom. The Labute approximate surface area is 235 Å². The minimum absolute atomic E-state index is 0.263. The number of hydrogen-bond acceptors (Lipinski definition) is 9. The van der Waals surface area contributed by atoms with Crippen LogP contribution in [0, 0.1) is 11.8 Å². The Morgan fingerprint density at radius 2 is 1.43 bits per heavy atom. The van der Waals surface area contributed by atoms with Crippen molar-refractivity contribution in [1.82, 2.24) is 19.4 Å². The van der Waals surface area contributed by atoms with E-state index in [0.29, 0.717) is 0 Å². The lowest BCUT2D eigenvalue weighted by Crippen LogP contribution is -2.44. The third-order valence-electron chi connectivity index (χ3n) is 7.61. The van der Waals surface area contributed by atoms with E-state index in [9.17, 15) is 33.8 Å². The van der Waals surface area contributed by atoms with Crippen molar-refractivity contribution < 1.29 is 38.5 Å². The van der Waals surface area contributed by atoms with Gasteiger partial charge in [-0.1, -0.05) is 41.5 Å². The number of aromatic nitrogens is 2. The summed E-state index contributed by atoms with van der Waals surface area (Å²) in [5.74, 6) is -2.67. The molecule has 1 unspecified atom stereocenters. The lowest BCUT2D eigenvalue weighted by Gasteiger charge is -2.24. The van der Waals surface area contributed by atoms with Crippen molar-refractivity contribution in [3.8, 4) is 0 Å². The van der Waals surface area contributed by atoms with E-state index < -0.39 is 68.5 Å². The zero-order chi connectivity index (χ0) is 30.9. The van der Waals surface area contributed by atoms with Gasteiger partial charge in [-0.3, -0.25) is 23.5 Å². The molecule has 6 N–H and O–H groups in total. The zero-order valence-electron chi connectivity index (χ0n) is 24.3. The summed E-state index contributed by atoms with van der Waals surface area (Å²) < 4.78 is 28.4. The van der Waals surface area contributed by atoms with E-state index in [0.717, 1.165) is 10.6 Å². The first kappa shape index (κ1) is 36.8. The molecule has 0 bridgehead atoms. The molecule has 0 aromatic carbocycles. The second kappa shape index (κ2) is 15.9. The topological polar surface area (TPSA) is 206 Å². The van der Waals surface area contributed by atoms with Gasteiger partial charge in [0.1, 0.15) is 6.10 Å². The fourth-order valence-electron chi connectivity index (χ4n) is 5.12. The molecule has 1 aromatic rings. The van der Waals surface area contributed by atoms with Crippen LogP contribution in [0.4, 0.5) is 0 Å². The molecule has 0 radical (unpaired) electrons. The van der Waals surface area contributed by atoms with Crippen LogP contribution in [-0.2, 0) is 19.2 Å². The highest BCUT2D eigenvalue weighted by atomic mass is 31.2. The summed E-state index contributed by atoms with van der Waals surface area (Å²) in [6, 6.07) is 1.09. The monoisotopic (exact) mass is 614 g/mol. The number of aliphatic hydroxyl groups excluding tert-OH is 2. The van der Waals surface area contributed by atoms with Crippen molar-refractivity contribution in [2.45, 2.75) is 65.7 Å². The van der Waals surface area contributed by atoms with Crippen LogP contribution in [-0.4, -0.2) is 108 Å². The number of aromatic amines is 1. The molecule has 1 heterocycles. The molecule has 1 aromatic heterocycles. The van der Waals surface area contributed by atoms with Gasteiger partial charge in [0.05, 0.1) is 18.2 Å². The van der Waals surface area contributed by atoms with Crippen molar-refractivity contribution in [3.63, 3.8) is 0 Å². The SMILES string of the molecule is CCN(CC)CC.CCN(CC)CC.O=c1ccn([C@]23C[C@H]2[C@H](COP(=O)(O)CP(=O)(O)O)[C@@H](O)[C@H]3O)c(=O)[nH]1. The molecule has 16 heteroatoms. The maximum Gasteiger partial charge on any atom is 0.340 e. The molecule has 3 rings (SSSR count). The molecule has 2 saturated carbocycles. The van der Waals surface area contributed by atoms with Crippen LogP contribution in [0.5, 0.6) is 0 Å². The lowest BCUT2D eigenvalue weighted by molar-refractivity contribution is -0.0269. The summed E-state index contributed by atoms with van der Waals surface area (Å²) in [7, 11) is -9.39. The molecule has 2 aliphatic carbocycles. The average molecular weight is 615 g/mol. The third kappa shape index (κ3) is 9.97. The fraction of sp³-hybridized carbons (Fsp3) is 0.833. The first-order valence-electron chi connectivity index (χ1n) is 13.7. The Bertz CT molecular complexity index is 1090. The van der Waals surface area contributed by atoms with Crippen LogP contribution in [0.25, 0.3) is 0 Å². The zero-order valence-corrected chi connectivity index (χ0v) is 26.1. The number of rotatable bonds is 12. The van der Waals surface area contributed by atoms with Crippen LogP contribution < -0.4 is 11.2 Å². The smallest absolute Gasteiger partial charge is 0.340 e. The second-order valence-electron chi connectivity index (χ2n) is 9.86. The van der Waals surface area contributed by atoms with Gasteiger partial charge >= 0.3 is 20.9 Å². The molecule has 0 saturated heterocycles. The predicted octanol–water partition coefficient (Wildman–Crippen LogP) is 0.637. The van der Waals surface area contributed by atoms with E-state index in [4.69, 9.17) is 14.3 Å². The number of fused-ring (bicyclic) bond motifs is 1. The molecule has 2 fully saturated rings. The molecule has 6 atom stereocenters. The van der Waals surface area contributed by atoms with E-state index in [-0.39, 0.29) is 6.42 Å². The highest BCUT2D eigenvalue weighted by Crippen LogP contribution is 2.64. The molecule has 40 heavy (non-hydrogen) atoms. The number of aliphatic hydroxyl groups is 2. The second-order valence-corrected chi connectivity index (χ2v) is 13.9. The normalized spacial score (nSPS) is 26.8. The van der Waals surface area contributed by atoms with Crippen LogP contribution in [0.2, 0.25) is 0 Å². The van der Waals surface area contributed by atoms with Gasteiger partial charge in [0.2, 0.25) is 0 Å². The minimum atomic E-state index is -4.78. The lowest BCUT2D eigenvalue weighted by atomic mass is 10.0. The number of H-pyrrole nitrogens is 1. The average Bonchev–Trinajstić information content (AvgIpc) is 3.56. The van der Waals surface area contributed by atoms with Gasteiger partial charge in [0, 0.05) is 18.2 Å².